The number of ether oxygens (including phenoxy) is 3. The molecule has 0 heterocycles. The van der Waals surface area contributed by atoms with E-state index in [0.717, 1.165) is 17.5 Å². The Balaban J connectivity index is 1.70. The Hall–Kier alpha value is -3.18. The fraction of sp³-hybridized carbons (Fsp3) is 0.240. The number of methoxy groups -OCH3 is 2. The minimum absolute atomic E-state index is 0.167. The molecule has 0 aromatic heterocycles. The van der Waals surface area contributed by atoms with Crippen molar-refractivity contribution in [1.29, 1.82) is 0 Å². The summed E-state index contributed by atoms with van der Waals surface area (Å²) in [5.41, 5.74) is 2.36. The average molecular weight is 440 g/mol. The molecular formula is C25H26ClNO4. The van der Waals surface area contributed by atoms with Gasteiger partial charge in [0.1, 0.15) is 12.4 Å². The SMILES string of the molecule is CC[C@@H](NC(=O)c1cccc(OCc2ccccc2Cl)c1)c1ccc(OC)c(OC)c1. The normalized spacial score (nSPS) is 11.5. The highest BCUT2D eigenvalue weighted by Crippen LogP contribution is 2.31. The van der Waals surface area contributed by atoms with E-state index in [9.17, 15) is 4.79 Å². The van der Waals surface area contributed by atoms with Gasteiger partial charge in [0.2, 0.25) is 0 Å². The first-order valence-corrected chi connectivity index (χ1v) is 10.4. The molecule has 3 rings (SSSR count). The van der Waals surface area contributed by atoms with Crippen molar-refractivity contribution in [3.05, 3.63) is 88.4 Å². The summed E-state index contributed by atoms with van der Waals surface area (Å²) < 4.78 is 16.5. The van der Waals surface area contributed by atoms with Gasteiger partial charge >= 0.3 is 0 Å². The minimum atomic E-state index is -0.176. The Morgan fingerprint density at radius 1 is 0.968 bits per heavy atom. The van der Waals surface area contributed by atoms with Gasteiger partial charge in [-0.15, -0.1) is 0 Å². The summed E-state index contributed by atoms with van der Waals surface area (Å²) in [5.74, 6) is 1.70. The summed E-state index contributed by atoms with van der Waals surface area (Å²) in [6, 6.07) is 20.1. The smallest absolute Gasteiger partial charge is 0.251 e. The van der Waals surface area contributed by atoms with Crippen LogP contribution in [0, 0.1) is 0 Å². The molecule has 6 heteroatoms. The van der Waals surface area contributed by atoms with Gasteiger partial charge in [0.25, 0.3) is 5.91 Å². The maximum Gasteiger partial charge on any atom is 0.251 e. The second kappa shape index (κ2) is 10.7. The van der Waals surface area contributed by atoms with E-state index in [-0.39, 0.29) is 11.9 Å². The highest BCUT2D eigenvalue weighted by molar-refractivity contribution is 6.31. The highest BCUT2D eigenvalue weighted by atomic mass is 35.5. The number of hydrogen-bond donors (Lipinski definition) is 1. The average Bonchev–Trinajstić information content (AvgIpc) is 2.81. The van der Waals surface area contributed by atoms with Crippen molar-refractivity contribution < 1.29 is 19.0 Å². The van der Waals surface area contributed by atoms with Crippen molar-refractivity contribution in [2.45, 2.75) is 26.0 Å². The fourth-order valence-corrected chi connectivity index (χ4v) is 3.43. The summed E-state index contributed by atoms with van der Waals surface area (Å²) in [5, 5.41) is 3.74. The first-order valence-electron chi connectivity index (χ1n) is 10.0. The maximum atomic E-state index is 12.9. The van der Waals surface area contributed by atoms with E-state index in [0.29, 0.717) is 34.4 Å². The molecule has 3 aromatic rings. The van der Waals surface area contributed by atoms with E-state index in [1.54, 1.807) is 32.4 Å². The van der Waals surface area contributed by atoms with Crippen LogP contribution in [-0.2, 0) is 6.61 Å². The van der Waals surface area contributed by atoms with E-state index in [2.05, 4.69) is 5.32 Å². The molecule has 162 valence electrons. The summed E-state index contributed by atoms with van der Waals surface area (Å²) in [6.07, 6.45) is 0.726. The van der Waals surface area contributed by atoms with E-state index < -0.39 is 0 Å². The molecule has 0 unspecified atom stereocenters. The third-order valence-corrected chi connectivity index (χ3v) is 5.34. The second-order valence-electron chi connectivity index (χ2n) is 6.96. The van der Waals surface area contributed by atoms with Crippen LogP contribution in [0.15, 0.2) is 66.7 Å². The first kappa shape index (κ1) is 22.5. The van der Waals surface area contributed by atoms with Crippen LogP contribution in [0.1, 0.15) is 40.9 Å². The predicted molar refractivity (Wildman–Crippen MR) is 122 cm³/mol. The van der Waals surface area contributed by atoms with Crippen LogP contribution in [0.4, 0.5) is 0 Å². The molecule has 0 bridgehead atoms. The number of halogens is 1. The topological polar surface area (TPSA) is 56.8 Å². The third-order valence-electron chi connectivity index (χ3n) is 4.97. The van der Waals surface area contributed by atoms with E-state index in [1.807, 2.05) is 55.5 Å². The fourth-order valence-electron chi connectivity index (χ4n) is 3.24. The molecule has 0 aliphatic heterocycles. The van der Waals surface area contributed by atoms with Crippen LogP contribution in [0.25, 0.3) is 0 Å². The first-order chi connectivity index (χ1) is 15.0. The number of hydrogen-bond acceptors (Lipinski definition) is 4. The van der Waals surface area contributed by atoms with Crippen LogP contribution in [0.5, 0.6) is 17.2 Å². The number of carbonyl (C=O) groups is 1. The number of carbonyl (C=O) groups excluding carboxylic acids is 1. The van der Waals surface area contributed by atoms with Gasteiger partial charge in [-0.25, -0.2) is 0 Å². The molecule has 31 heavy (non-hydrogen) atoms. The molecule has 1 N–H and O–H groups in total. The zero-order chi connectivity index (χ0) is 22.2. The molecule has 3 aromatic carbocycles. The van der Waals surface area contributed by atoms with Crippen LogP contribution in [0.2, 0.25) is 5.02 Å². The zero-order valence-corrected chi connectivity index (χ0v) is 18.6. The van der Waals surface area contributed by atoms with Crippen molar-refractivity contribution in [3.63, 3.8) is 0 Å². The Bertz CT molecular complexity index is 1040. The summed E-state index contributed by atoms with van der Waals surface area (Å²) in [7, 11) is 3.19. The second-order valence-corrected chi connectivity index (χ2v) is 7.36. The summed E-state index contributed by atoms with van der Waals surface area (Å²) in [6.45, 7) is 2.35. The lowest BCUT2D eigenvalue weighted by Gasteiger charge is -2.19. The van der Waals surface area contributed by atoms with E-state index in [1.165, 1.54) is 0 Å². The van der Waals surface area contributed by atoms with Crippen molar-refractivity contribution in [3.8, 4) is 17.2 Å². The monoisotopic (exact) mass is 439 g/mol. The molecule has 0 aliphatic rings. The van der Waals surface area contributed by atoms with Gasteiger partial charge in [0.05, 0.1) is 20.3 Å². The highest BCUT2D eigenvalue weighted by Gasteiger charge is 2.17. The van der Waals surface area contributed by atoms with Crippen molar-refractivity contribution >= 4 is 17.5 Å². The molecule has 0 radical (unpaired) electrons. The Kier molecular flexibility index (Phi) is 7.79. The number of rotatable bonds is 9. The predicted octanol–water partition coefficient (Wildman–Crippen LogP) is 5.82. The van der Waals surface area contributed by atoms with Gasteiger partial charge in [-0.3, -0.25) is 4.79 Å². The van der Waals surface area contributed by atoms with Gasteiger partial charge in [-0.05, 0) is 48.4 Å². The molecule has 0 saturated carbocycles. The molecule has 0 saturated heterocycles. The largest absolute Gasteiger partial charge is 0.493 e. The van der Waals surface area contributed by atoms with Gasteiger partial charge in [-0.2, -0.15) is 0 Å². The van der Waals surface area contributed by atoms with E-state index >= 15 is 0 Å². The van der Waals surface area contributed by atoms with Crippen LogP contribution in [0.3, 0.4) is 0 Å². The Labute approximate surface area is 187 Å². The lowest BCUT2D eigenvalue weighted by molar-refractivity contribution is 0.0935. The summed E-state index contributed by atoms with van der Waals surface area (Å²) in [4.78, 5) is 12.9. The van der Waals surface area contributed by atoms with Gasteiger partial charge in [0, 0.05) is 16.1 Å². The van der Waals surface area contributed by atoms with Crippen LogP contribution >= 0.6 is 11.6 Å². The van der Waals surface area contributed by atoms with Crippen molar-refractivity contribution in [2.24, 2.45) is 0 Å². The Morgan fingerprint density at radius 3 is 2.45 bits per heavy atom. The molecule has 1 atom stereocenters. The molecule has 5 nitrogen and oxygen atoms in total. The third kappa shape index (κ3) is 5.70. The quantitative estimate of drug-likeness (QED) is 0.456. The number of amides is 1. The summed E-state index contributed by atoms with van der Waals surface area (Å²) >= 11 is 6.18. The van der Waals surface area contributed by atoms with Gasteiger partial charge in [-0.1, -0.05) is 48.9 Å². The maximum absolute atomic E-state index is 12.9. The van der Waals surface area contributed by atoms with Crippen LogP contribution in [-0.4, -0.2) is 20.1 Å². The van der Waals surface area contributed by atoms with Crippen molar-refractivity contribution in [1.82, 2.24) is 5.32 Å². The minimum Gasteiger partial charge on any atom is -0.493 e. The van der Waals surface area contributed by atoms with Crippen LogP contribution < -0.4 is 19.5 Å². The lowest BCUT2D eigenvalue weighted by atomic mass is 10.0. The molecule has 1 amide bonds. The molecular weight excluding hydrogens is 414 g/mol. The molecule has 0 spiro atoms. The standard InChI is InChI=1S/C25H26ClNO4/c1-4-22(17-12-13-23(29-2)24(15-17)30-3)27-25(28)18-9-7-10-20(14-18)31-16-19-8-5-6-11-21(19)26/h5-15,22H,4,16H2,1-3H3,(H,27,28)/t22-/m1/s1. The number of benzene rings is 3. The number of nitrogens with one attached hydrogen (secondary N) is 1. The zero-order valence-electron chi connectivity index (χ0n) is 17.9. The van der Waals surface area contributed by atoms with Gasteiger partial charge in [0.15, 0.2) is 11.5 Å². The van der Waals surface area contributed by atoms with Crippen molar-refractivity contribution in [2.75, 3.05) is 14.2 Å². The lowest BCUT2D eigenvalue weighted by Crippen LogP contribution is -2.28. The Morgan fingerprint density at radius 2 is 1.74 bits per heavy atom. The molecule has 0 fully saturated rings. The van der Waals surface area contributed by atoms with Gasteiger partial charge < -0.3 is 19.5 Å². The van der Waals surface area contributed by atoms with E-state index in [4.69, 9.17) is 25.8 Å². The molecule has 0 aliphatic carbocycles.